The number of aliphatic hydroxyl groups excluding tert-OH is 1. The fourth-order valence-corrected chi connectivity index (χ4v) is 2.78. The molecule has 122 valence electrons. The van der Waals surface area contributed by atoms with Crippen molar-refractivity contribution in [3.05, 3.63) is 29.8 Å². The van der Waals surface area contributed by atoms with Crippen LogP contribution in [0.3, 0.4) is 0 Å². The first-order valence-electron chi connectivity index (χ1n) is 7.89. The number of nitrogens with one attached hydrogen (secondary N) is 1. The summed E-state index contributed by atoms with van der Waals surface area (Å²) in [6.45, 7) is 6.31. The molecule has 1 aromatic rings. The average Bonchev–Trinajstić information content (AvgIpc) is 2.47. The quantitative estimate of drug-likeness (QED) is 0.718. The van der Waals surface area contributed by atoms with E-state index in [1.807, 2.05) is 32.0 Å². The van der Waals surface area contributed by atoms with Crippen molar-refractivity contribution in [3.8, 4) is 0 Å². The topological polar surface area (TPSA) is 78.6 Å². The fourth-order valence-electron chi connectivity index (χ4n) is 2.78. The van der Waals surface area contributed by atoms with E-state index in [4.69, 9.17) is 5.73 Å². The minimum absolute atomic E-state index is 0.0444. The molecule has 0 aliphatic carbocycles. The van der Waals surface area contributed by atoms with Gasteiger partial charge in [0.25, 0.3) is 0 Å². The second kappa shape index (κ2) is 7.11. The highest BCUT2D eigenvalue weighted by atomic mass is 16.3. The standard InChI is InChI=1S/C17H27N3O2/c1-17(2,12-21)19-16(22)14-6-8-20(9-7-14)11-13-4-3-5-15(18)10-13/h3-5,10,14,21H,6-9,11-12,18H2,1-2H3,(H,19,22). The summed E-state index contributed by atoms with van der Waals surface area (Å²) in [6, 6.07) is 7.95. The fraction of sp³-hybridized carbons (Fsp3) is 0.588. The Kier molecular flexibility index (Phi) is 5.42. The molecule has 0 atom stereocenters. The van der Waals surface area contributed by atoms with Crippen molar-refractivity contribution >= 4 is 11.6 Å². The molecule has 1 aliphatic heterocycles. The monoisotopic (exact) mass is 305 g/mol. The molecular formula is C17H27N3O2. The number of benzene rings is 1. The van der Waals surface area contributed by atoms with E-state index in [0.717, 1.165) is 38.2 Å². The lowest BCUT2D eigenvalue weighted by atomic mass is 9.94. The Hall–Kier alpha value is -1.59. The van der Waals surface area contributed by atoms with Gasteiger partial charge < -0.3 is 16.2 Å². The summed E-state index contributed by atoms with van der Waals surface area (Å²) in [5.41, 5.74) is 7.26. The zero-order chi connectivity index (χ0) is 16.2. The number of nitrogens with two attached hydrogens (primary N) is 1. The molecule has 0 spiro atoms. The van der Waals surface area contributed by atoms with Crippen LogP contribution in [-0.2, 0) is 11.3 Å². The molecule has 5 nitrogen and oxygen atoms in total. The Bertz CT molecular complexity index is 508. The third-order valence-electron chi connectivity index (χ3n) is 4.17. The van der Waals surface area contributed by atoms with Gasteiger partial charge in [-0.3, -0.25) is 9.69 Å². The summed E-state index contributed by atoms with van der Waals surface area (Å²) in [6.07, 6.45) is 1.71. The van der Waals surface area contributed by atoms with Crippen LogP contribution in [0.2, 0.25) is 0 Å². The van der Waals surface area contributed by atoms with Crippen molar-refractivity contribution in [2.45, 2.75) is 38.8 Å². The van der Waals surface area contributed by atoms with E-state index in [1.165, 1.54) is 5.56 Å². The first-order chi connectivity index (χ1) is 10.4. The zero-order valence-electron chi connectivity index (χ0n) is 13.5. The highest BCUT2D eigenvalue weighted by Crippen LogP contribution is 2.20. The van der Waals surface area contributed by atoms with Crippen LogP contribution in [0.4, 0.5) is 5.69 Å². The summed E-state index contributed by atoms with van der Waals surface area (Å²) in [7, 11) is 0. The Labute approximate surface area is 132 Å². The van der Waals surface area contributed by atoms with Gasteiger partial charge in [0.1, 0.15) is 0 Å². The molecule has 0 aromatic heterocycles. The van der Waals surface area contributed by atoms with Crippen LogP contribution >= 0.6 is 0 Å². The first kappa shape index (κ1) is 16.8. The van der Waals surface area contributed by atoms with Gasteiger partial charge in [-0.2, -0.15) is 0 Å². The summed E-state index contributed by atoms with van der Waals surface area (Å²) >= 11 is 0. The van der Waals surface area contributed by atoms with Crippen LogP contribution in [0.5, 0.6) is 0 Å². The van der Waals surface area contributed by atoms with Gasteiger partial charge in [0.15, 0.2) is 0 Å². The molecule has 5 heteroatoms. The van der Waals surface area contributed by atoms with E-state index in [0.29, 0.717) is 0 Å². The van der Waals surface area contributed by atoms with Crippen LogP contribution in [0.1, 0.15) is 32.3 Å². The van der Waals surface area contributed by atoms with Gasteiger partial charge >= 0.3 is 0 Å². The van der Waals surface area contributed by atoms with Crippen LogP contribution in [0.25, 0.3) is 0 Å². The van der Waals surface area contributed by atoms with E-state index in [9.17, 15) is 9.90 Å². The highest BCUT2D eigenvalue weighted by Gasteiger charge is 2.28. The molecule has 0 radical (unpaired) electrons. The predicted molar refractivity (Wildman–Crippen MR) is 88.2 cm³/mol. The van der Waals surface area contributed by atoms with Crippen molar-refractivity contribution in [2.24, 2.45) is 5.92 Å². The normalized spacial score (nSPS) is 17.4. The molecule has 4 N–H and O–H groups in total. The smallest absolute Gasteiger partial charge is 0.223 e. The molecule has 1 saturated heterocycles. The Morgan fingerprint density at radius 1 is 1.41 bits per heavy atom. The SMILES string of the molecule is CC(C)(CO)NC(=O)C1CCN(Cc2cccc(N)c2)CC1. The summed E-state index contributed by atoms with van der Waals surface area (Å²) in [4.78, 5) is 14.6. The van der Waals surface area contributed by atoms with Crippen molar-refractivity contribution in [3.63, 3.8) is 0 Å². The van der Waals surface area contributed by atoms with Crippen LogP contribution in [0.15, 0.2) is 24.3 Å². The Morgan fingerprint density at radius 3 is 2.68 bits per heavy atom. The van der Waals surface area contributed by atoms with Gasteiger partial charge in [-0.15, -0.1) is 0 Å². The van der Waals surface area contributed by atoms with Gasteiger partial charge in [0, 0.05) is 18.2 Å². The van der Waals surface area contributed by atoms with Crippen molar-refractivity contribution < 1.29 is 9.90 Å². The number of rotatable bonds is 5. The molecule has 1 fully saturated rings. The number of piperidine rings is 1. The number of nitrogen functional groups attached to an aromatic ring is 1. The number of aliphatic hydroxyl groups is 1. The first-order valence-corrected chi connectivity index (χ1v) is 7.89. The molecule has 1 aromatic carbocycles. The molecular weight excluding hydrogens is 278 g/mol. The number of carbonyl (C=O) groups excluding carboxylic acids is 1. The second-order valence-electron chi connectivity index (χ2n) is 6.83. The number of nitrogens with zero attached hydrogens (tertiary/aromatic N) is 1. The van der Waals surface area contributed by atoms with Gasteiger partial charge in [-0.25, -0.2) is 0 Å². The van der Waals surface area contributed by atoms with E-state index in [1.54, 1.807) is 0 Å². The summed E-state index contributed by atoms with van der Waals surface area (Å²) < 4.78 is 0. The molecule has 1 aliphatic rings. The molecule has 22 heavy (non-hydrogen) atoms. The molecule has 1 amide bonds. The third-order valence-corrected chi connectivity index (χ3v) is 4.17. The van der Waals surface area contributed by atoms with Crippen LogP contribution in [-0.4, -0.2) is 41.1 Å². The predicted octanol–water partition coefficient (Wildman–Crippen LogP) is 1.37. The maximum atomic E-state index is 12.2. The lowest BCUT2D eigenvalue weighted by molar-refractivity contribution is -0.128. The molecule has 2 rings (SSSR count). The van der Waals surface area contributed by atoms with Crippen LogP contribution in [0, 0.1) is 5.92 Å². The van der Waals surface area contributed by atoms with E-state index in [2.05, 4.69) is 16.3 Å². The minimum atomic E-state index is -0.546. The van der Waals surface area contributed by atoms with Gasteiger partial charge in [0.2, 0.25) is 5.91 Å². The molecule has 0 bridgehead atoms. The van der Waals surface area contributed by atoms with Gasteiger partial charge in [-0.1, -0.05) is 12.1 Å². The second-order valence-corrected chi connectivity index (χ2v) is 6.83. The zero-order valence-corrected chi connectivity index (χ0v) is 13.5. The minimum Gasteiger partial charge on any atom is -0.399 e. The summed E-state index contributed by atoms with van der Waals surface area (Å²) in [5, 5.41) is 12.2. The molecule has 0 unspecified atom stereocenters. The Balaban J connectivity index is 1.81. The van der Waals surface area contributed by atoms with E-state index < -0.39 is 5.54 Å². The lowest BCUT2D eigenvalue weighted by Gasteiger charge is -2.33. The van der Waals surface area contributed by atoms with E-state index in [-0.39, 0.29) is 18.4 Å². The Morgan fingerprint density at radius 2 is 2.09 bits per heavy atom. The van der Waals surface area contributed by atoms with Crippen LogP contribution < -0.4 is 11.1 Å². The molecule has 1 heterocycles. The van der Waals surface area contributed by atoms with Gasteiger partial charge in [0.05, 0.1) is 12.1 Å². The number of likely N-dealkylation sites (tertiary alicyclic amines) is 1. The number of hydrogen-bond donors (Lipinski definition) is 3. The largest absolute Gasteiger partial charge is 0.399 e. The van der Waals surface area contributed by atoms with E-state index >= 15 is 0 Å². The number of amides is 1. The number of anilines is 1. The number of hydrogen-bond acceptors (Lipinski definition) is 4. The highest BCUT2D eigenvalue weighted by molar-refractivity contribution is 5.79. The third kappa shape index (κ3) is 4.71. The van der Waals surface area contributed by atoms with Crippen molar-refractivity contribution in [1.82, 2.24) is 10.2 Å². The maximum absolute atomic E-state index is 12.2. The van der Waals surface area contributed by atoms with Crippen molar-refractivity contribution in [1.29, 1.82) is 0 Å². The summed E-state index contributed by atoms with van der Waals surface area (Å²) in [5.74, 6) is 0.102. The maximum Gasteiger partial charge on any atom is 0.223 e. The lowest BCUT2D eigenvalue weighted by Crippen LogP contribution is -2.50. The number of carbonyl (C=O) groups is 1. The average molecular weight is 305 g/mol. The van der Waals surface area contributed by atoms with Crippen molar-refractivity contribution in [2.75, 3.05) is 25.4 Å². The molecule has 0 saturated carbocycles. The van der Waals surface area contributed by atoms with Gasteiger partial charge in [-0.05, 0) is 57.5 Å².